The van der Waals surface area contributed by atoms with Crippen LogP contribution in [0.1, 0.15) is 36.9 Å². The van der Waals surface area contributed by atoms with Gasteiger partial charge in [-0.25, -0.2) is 4.79 Å². The molecule has 0 saturated heterocycles. The van der Waals surface area contributed by atoms with Crippen LogP contribution in [0.5, 0.6) is 0 Å². The highest BCUT2D eigenvalue weighted by atomic mass is 16.5. The minimum atomic E-state index is -0.502. The number of hydrogen-bond acceptors (Lipinski definition) is 4. The number of hydrogen-bond donors (Lipinski definition) is 1. The molecule has 3 rings (SSSR count). The lowest BCUT2D eigenvalue weighted by Gasteiger charge is -2.22. The zero-order chi connectivity index (χ0) is 17.5. The van der Waals surface area contributed by atoms with Gasteiger partial charge in [-0.3, -0.25) is 9.48 Å². The number of benzene rings is 1. The third-order valence-electron chi connectivity index (χ3n) is 4.11. The Balaban J connectivity index is 1.80. The van der Waals surface area contributed by atoms with Crippen LogP contribution < -0.4 is 5.32 Å². The largest absolute Gasteiger partial charge is 0.462 e. The number of esters is 1. The third-order valence-corrected chi connectivity index (χ3v) is 4.11. The van der Waals surface area contributed by atoms with E-state index in [0.717, 1.165) is 5.56 Å². The fourth-order valence-electron chi connectivity index (χ4n) is 2.77. The van der Waals surface area contributed by atoms with E-state index in [0.29, 0.717) is 19.3 Å². The summed E-state index contributed by atoms with van der Waals surface area (Å²) in [5.41, 5.74) is 0.909. The molecule has 2 heterocycles. The minimum Gasteiger partial charge on any atom is -0.462 e. The number of carbonyl (C=O) groups excluding carboxylic acids is 2. The summed E-state index contributed by atoms with van der Waals surface area (Å²) in [6.07, 6.45) is 8.73. The Morgan fingerprint density at radius 2 is 1.96 bits per heavy atom. The molecule has 0 fully saturated rings. The molecule has 0 radical (unpaired) electrons. The number of nitrogens with zero attached hydrogens (tertiary/aromatic N) is 2. The Labute approximate surface area is 146 Å². The molecule has 1 aromatic heterocycles. The van der Waals surface area contributed by atoms with Crippen molar-refractivity contribution in [1.82, 2.24) is 15.1 Å². The fourth-order valence-corrected chi connectivity index (χ4v) is 2.77. The Bertz CT molecular complexity index is 726. The summed E-state index contributed by atoms with van der Waals surface area (Å²) in [7, 11) is 0. The van der Waals surface area contributed by atoms with Gasteiger partial charge in [0.05, 0.1) is 6.04 Å². The predicted molar refractivity (Wildman–Crippen MR) is 92.5 cm³/mol. The van der Waals surface area contributed by atoms with E-state index >= 15 is 0 Å². The molecule has 0 spiro atoms. The van der Waals surface area contributed by atoms with Crippen molar-refractivity contribution in [1.29, 1.82) is 0 Å². The predicted octanol–water partition coefficient (Wildman–Crippen LogP) is 2.57. The monoisotopic (exact) mass is 339 g/mol. The molecule has 1 aliphatic rings. The smallest absolute Gasteiger partial charge is 0.331 e. The number of aromatic nitrogens is 2. The molecule has 1 N–H and O–H groups in total. The normalized spacial score (nSPS) is 22.4. The van der Waals surface area contributed by atoms with E-state index in [-0.39, 0.29) is 24.5 Å². The molecule has 2 aromatic rings. The topological polar surface area (TPSA) is 73.2 Å². The summed E-state index contributed by atoms with van der Waals surface area (Å²) < 4.78 is 7.12. The Morgan fingerprint density at radius 1 is 1.12 bits per heavy atom. The molecule has 1 aromatic carbocycles. The van der Waals surface area contributed by atoms with Crippen LogP contribution in [-0.2, 0) is 14.3 Å². The zero-order valence-electron chi connectivity index (χ0n) is 13.9. The van der Waals surface area contributed by atoms with Crippen LogP contribution in [0.25, 0.3) is 0 Å². The van der Waals surface area contributed by atoms with E-state index in [1.54, 1.807) is 23.1 Å². The molecule has 1 aliphatic heterocycles. The summed E-state index contributed by atoms with van der Waals surface area (Å²) in [6.45, 7) is 0.0933. The molecule has 130 valence electrons. The first-order valence-electron chi connectivity index (χ1n) is 8.39. The number of nitrogens with one attached hydrogen (secondary N) is 1. The van der Waals surface area contributed by atoms with E-state index < -0.39 is 6.04 Å². The maximum Gasteiger partial charge on any atom is 0.331 e. The third kappa shape index (κ3) is 4.56. The Kier molecular flexibility index (Phi) is 5.61. The van der Waals surface area contributed by atoms with E-state index in [9.17, 15) is 9.59 Å². The van der Waals surface area contributed by atoms with E-state index in [2.05, 4.69) is 10.4 Å². The number of rotatable bonds is 2. The first-order valence-corrected chi connectivity index (χ1v) is 8.39. The summed E-state index contributed by atoms with van der Waals surface area (Å²) in [6, 6.07) is 10.4. The Hall–Kier alpha value is -2.89. The van der Waals surface area contributed by atoms with Gasteiger partial charge >= 0.3 is 5.97 Å². The fraction of sp³-hybridized carbons (Fsp3) is 0.316. The van der Waals surface area contributed by atoms with Crippen LogP contribution in [0, 0.1) is 0 Å². The van der Waals surface area contributed by atoms with Crippen LogP contribution in [0.15, 0.2) is 60.9 Å². The first kappa shape index (κ1) is 17.0. The quantitative estimate of drug-likeness (QED) is 0.674. The first-order chi connectivity index (χ1) is 12.2. The lowest BCUT2D eigenvalue weighted by molar-refractivity contribution is -0.149. The molecule has 25 heavy (non-hydrogen) atoms. The molecule has 6 heteroatoms. The second kappa shape index (κ2) is 8.28. The van der Waals surface area contributed by atoms with Crippen molar-refractivity contribution in [2.75, 3.05) is 6.61 Å². The SMILES string of the molecule is O=C1CCC=CC[C@@H](n2cccn2)C(=O)OC[C@@H](c2ccccc2)N1. The van der Waals surface area contributed by atoms with Crippen LogP contribution >= 0.6 is 0 Å². The number of carbonyl (C=O) groups is 2. The molecular weight excluding hydrogens is 318 g/mol. The van der Waals surface area contributed by atoms with Gasteiger partial charge in [0.15, 0.2) is 6.04 Å². The molecule has 0 aliphatic carbocycles. The van der Waals surface area contributed by atoms with Gasteiger partial charge in [-0.15, -0.1) is 0 Å². The highest BCUT2D eigenvalue weighted by Gasteiger charge is 2.24. The molecule has 1 amide bonds. The highest BCUT2D eigenvalue weighted by Crippen LogP contribution is 2.18. The number of ether oxygens (including phenoxy) is 1. The van der Waals surface area contributed by atoms with Gasteiger partial charge in [0, 0.05) is 18.8 Å². The van der Waals surface area contributed by atoms with E-state index in [4.69, 9.17) is 4.74 Å². The summed E-state index contributed by atoms with van der Waals surface area (Å²) in [4.78, 5) is 24.7. The van der Waals surface area contributed by atoms with Gasteiger partial charge in [-0.05, 0) is 24.5 Å². The lowest BCUT2D eigenvalue weighted by Crippen LogP contribution is -2.33. The van der Waals surface area contributed by atoms with Crippen LogP contribution in [0.2, 0.25) is 0 Å². The van der Waals surface area contributed by atoms with Crippen LogP contribution in [-0.4, -0.2) is 28.3 Å². The van der Waals surface area contributed by atoms with Crippen molar-refractivity contribution in [3.8, 4) is 0 Å². The maximum atomic E-state index is 12.6. The zero-order valence-corrected chi connectivity index (χ0v) is 13.9. The summed E-state index contributed by atoms with van der Waals surface area (Å²) in [5, 5.41) is 7.11. The van der Waals surface area contributed by atoms with Gasteiger partial charge in [-0.2, -0.15) is 5.10 Å². The number of cyclic esters (lactones) is 1. The van der Waals surface area contributed by atoms with Gasteiger partial charge in [-0.1, -0.05) is 42.5 Å². The van der Waals surface area contributed by atoms with Crippen molar-refractivity contribution >= 4 is 11.9 Å². The second-order valence-electron chi connectivity index (χ2n) is 5.91. The molecule has 0 bridgehead atoms. The Morgan fingerprint density at radius 3 is 2.72 bits per heavy atom. The minimum absolute atomic E-state index is 0.0567. The van der Waals surface area contributed by atoms with Crippen LogP contribution in [0.3, 0.4) is 0 Å². The highest BCUT2D eigenvalue weighted by molar-refractivity contribution is 5.77. The van der Waals surface area contributed by atoms with E-state index in [1.165, 1.54) is 0 Å². The van der Waals surface area contributed by atoms with Crippen molar-refractivity contribution in [3.05, 3.63) is 66.5 Å². The van der Waals surface area contributed by atoms with Crippen molar-refractivity contribution < 1.29 is 14.3 Å². The summed E-state index contributed by atoms with van der Waals surface area (Å²) >= 11 is 0. The molecule has 6 nitrogen and oxygen atoms in total. The number of amides is 1. The molecule has 2 atom stereocenters. The molecule has 0 unspecified atom stereocenters. The molecule has 0 saturated carbocycles. The maximum absolute atomic E-state index is 12.6. The van der Waals surface area contributed by atoms with E-state index in [1.807, 2.05) is 42.5 Å². The van der Waals surface area contributed by atoms with Crippen LogP contribution in [0.4, 0.5) is 0 Å². The van der Waals surface area contributed by atoms with Gasteiger partial charge < -0.3 is 10.1 Å². The van der Waals surface area contributed by atoms with Crippen molar-refractivity contribution in [2.24, 2.45) is 0 Å². The summed E-state index contributed by atoms with van der Waals surface area (Å²) in [5.74, 6) is -0.414. The average molecular weight is 339 g/mol. The number of allylic oxidation sites excluding steroid dienone is 2. The lowest BCUT2D eigenvalue weighted by atomic mass is 10.1. The van der Waals surface area contributed by atoms with Crippen molar-refractivity contribution in [3.63, 3.8) is 0 Å². The van der Waals surface area contributed by atoms with Gasteiger partial charge in [0.25, 0.3) is 0 Å². The standard InChI is InChI=1S/C19H21N3O3/c23-18-11-6-2-5-10-17(22-13-7-12-20-22)19(24)25-14-16(21-18)15-8-3-1-4-9-15/h1-5,7-9,12-13,16-17H,6,10-11,14H2,(H,21,23)/t16-,17+/m0/s1. The van der Waals surface area contributed by atoms with Gasteiger partial charge in [0.1, 0.15) is 6.61 Å². The molecular formula is C19H21N3O3. The van der Waals surface area contributed by atoms with Crippen molar-refractivity contribution in [2.45, 2.75) is 31.3 Å². The average Bonchev–Trinajstić information content (AvgIpc) is 3.15. The van der Waals surface area contributed by atoms with Gasteiger partial charge in [0.2, 0.25) is 5.91 Å². The second-order valence-corrected chi connectivity index (χ2v) is 5.91.